The summed E-state index contributed by atoms with van der Waals surface area (Å²) in [4.78, 5) is 25.2. The quantitative estimate of drug-likeness (QED) is 0.494. The minimum Gasteiger partial charge on any atom is -0.480 e. The first-order valence-electron chi connectivity index (χ1n) is 9.43. The van der Waals surface area contributed by atoms with Crippen molar-refractivity contribution in [1.82, 2.24) is 9.80 Å². The number of primary amides is 1. The van der Waals surface area contributed by atoms with Crippen LogP contribution >= 0.6 is 24.8 Å². The molecule has 1 aliphatic rings. The van der Waals surface area contributed by atoms with Crippen LogP contribution in [0.2, 0.25) is 0 Å². The van der Waals surface area contributed by atoms with Crippen molar-refractivity contribution in [2.45, 2.75) is 58.9 Å². The van der Waals surface area contributed by atoms with Crippen molar-refractivity contribution < 1.29 is 14.7 Å². The predicted octanol–water partition coefficient (Wildman–Crippen LogP) is 3.18. The molecule has 0 unspecified atom stereocenters. The van der Waals surface area contributed by atoms with Gasteiger partial charge in [-0.25, -0.2) is 0 Å². The van der Waals surface area contributed by atoms with Crippen molar-refractivity contribution in [3.05, 3.63) is 12.7 Å². The summed E-state index contributed by atoms with van der Waals surface area (Å²) in [7, 11) is 0. The third-order valence-electron chi connectivity index (χ3n) is 4.41. The second-order valence-corrected chi connectivity index (χ2v) is 6.74. The average molecular weight is 428 g/mol. The highest BCUT2D eigenvalue weighted by Crippen LogP contribution is 2.24. The summed E-state index contributed by atoms with van der Waals surface area (Å²) in [6.07, 6.45) is 7.48. The Morgan fingerprint density at radius 3 is 2.04 bits per heavy atom. The number of carbonyl (C=O) groups is 2. The van der Waals surface area contributed by atoms with Gasteiger partial charge in [0.15, 0.2) is 0 Å². The Morgan fingerprint density at radius 1 is 1.19 bits per heavy atom. The largest absolute Gasteiger partial charge is 0.480 e. The van der Waals surface area contributed by atoms with Crippen molar-refractivity contribution in [3.8, 4) is 0 Å². The molecule has 1 fully saturated rings. The first kappa shape index (κ1) is 30.9. The van der Waals surface area contributed by atoms with Crippen molar-refractivity contribution in [3.63, 3.8) is 0 Å². The van der Waals surface area contributed by atoms with Crippen molar-refractivity contribution in [2.24, 2.45) is 11.7 Å². The maximum Gasteiger partial charge on any atom is 0.320 e. The van der Waals surface area contributed by atoms with E-state index in [0.29, 0.717) is 12.3 Å². The highest BCUT2D eigenvalue weighted by atomic mass is 35.5. The summed E-state index contributed by atoms with van der Waals surface area (Å²) >= 11 is 0. The number of hydrogen-bond donors (Lipinski definition) is 2. The number of carbonyl (C=O) groups excluding carboxylic acids is 1. The van der Waals surface area contributed by atoms with Crippen molar-refractivity contribution in [2.75, 3.05) is 32.7 Å². The first-order valence-corrected chi connectivity index (χ1v) is 9.43. The van der Waals surface area contributed by atoms with Gasteiger partial charge in [0.2, 0.25) is 5.91 Å². The summed E-state index contributed by atoms with van der Waals surface area (Å²) in [5.41, 5.74) is 4.47. The van der Waals surface area contributed by atoms with Crippen LogP contribution in [-0.4, -0.2) is 65.5 Å². The molecule has 1 amide bonds. The number of unbranched alkanes of at least 4 members (excludes halogenated alkanes) is 2. The summed E-state index contributed by atoms with van der Waals surface area (Å²) < 4.78 is 0. The van der Waals surface area contributed by atoms with Gasteiger partial charge in [0.05, 0.1) is 0 Å². The van der Waals surface area contributed by atoms with Crippen LogP contribution in [0.25, 0.3) is 0 Å². The predicted molar refractivity (Wildman–Crippen MR) is 117 cm³/mol. The summed E-state index contributed by atoms with van der Waals surface area (Å²) in [5.74, 6) is -0.696. The van der Waals surface area contributed by atoms with E-state index in [4.69, 9.17) is 0 Å². The van der Waals surface area contributed by atoms with Crippen molar-refractivity contribution in [1.29, 1.82) is 0 Å². The Hall–Kier alpha value is -0.820. The van der Waals surface area contributed by atoms with Crippen LogP contribution in [0, 0.1) is 5.92 Å². The molecule has 0 bridgehead atoms. The third-order valence-corrected chi connectivity index (χ3v) is 4.41. The zero-order valence-corrected chi connectivity index (χ0v) is 18.7. The average Bonchev–Trinajstić information content (AvgIpc) is 2.97. The monoisotopic (exact) mass is 427 g/mol. The lowest BCUT2D eigenvalue weighted by atomic mass is 10.1. The van der Waals surface area contributed by atoms with E-state index >= 15 is 0 Å². The molecule has 3 N–H and O–H groups in total. The molecule has 8 heteroatoms. The standard InChI is InChI=1S/C17H32N2O2.C2H5NO.2ClH/c1-4-7-9-18(10-8-5-2)11-12-19-14-15(6-3)13-16(19)17(20)21;1-2(3)4;;/h6,15-16H,3-5,7-14H2,1-2H3,(H,20,21);1H3,(H2,3,4);2*1H/t15-,16-;;;/m1.../s1. The molecule has 162 valence electrons. The van der Waals surface area contributed by atoms with Gasteiger partial charge in [0.25, 0.3) is 0 Å². The first-order chi connectivity index (χ1) is 11.8. The van der Waals surface area contributed by atoms with Gasteiger partial charge in [-0.1, -0.05) is 32.8 Å². The second-order valence-electron chi connectivity index (χ2n) is 6.74. The van der Waals surface area contributed by atoms with E-state index in [-0.39, 0.29) is 36.8 Å². The SMILES string of the molecule is C=C[C@@H]1C[C@H](C(=O)O)N(CCN(CCCC)CCCC)C1.CC(N)=O.Cl.Cl. The Balaban J connectivity index is -0.000000871. The van der Waals surface area contributed by atoms with Gasteiger partial charge in [-0.05, 0) is 38.3 Å². The zero-order valence-electron chi connectivity index (χ0n) is 17.1. The number of likely N-dealkylation sites (tertiary alicyclic amines) is 1. The van der Waals surface area contributed by atoms with E-state index in [9.17, 15) is 14.7 Å². The molecule has 0 aliphatic carbocycles. The van der Waals surface area contributed by atoms with Gasteiger partial charge in [-0.3, -0.25) is 14.5 Å². The Bertz CT molecular complexity index is 400. The number of aliphatic carboxylic acids is 1. The molecule has 0 aromatic rings. The summed E-state index contributed by atoms with van der Waals surface area (Å²) in [6, 6.07) is -0.327. The lowest BCUT2D eigenvalue weighted by Crippen LogP contribution is -2.41. The third kappa shape index (κ3) is 14.9. The molecule has 0 aromatic heterocycles. The van der Waals surface area contributed by atoms with E-state index in [1.807, 2.05) is 6.08 Å². The number of carboxylic acids is 1. The van der Waals surface area contributed by atoms with Crippen molar-refractivity contribution >= 4 is 36.7 Å². The highest BCUT2D eigenvalue weighted by molar-refractivity contribution is 5.85. The van der Waals surface area contributed by atoms with Crippen LogP contribution in [0.5, 0.6) is 0 Å². The molecule has 0 saturated carbocycles. The zero-order chi connectivity index (χ0) is 19.2. The molecule has 1 aliphatic heterocycles. The molecule has 0 radical (unpaired) electrons. The van der Waals surface area contributed by atoms with Gasteiger partial charge in [0.1, 0.15) is 6.04 Å². The van der Waals surface area contributed by atoms with E-state index in [2.05, 4.69) is 36.0 Å². The Kier molecular flexibility index (Phi) is 21.2. The van der Waals surface area contributed by atoms with Crippen LogP contribution in [0.1, 0.15) is 52.9 Å². The lowest BCUT2D eigenvalue weighted by molar-refractivity contribution is -0.142. The van der Waals surface area contributed by atoms with E-state index in [1.54, 1.807) is 0 Å². The normalized spacial score (nSPS) is 18.7. The van der Waals surface area contributed by atoms with Crippen LogP contribution in [0.4, 0.5) is 0 Å². The topological polar surface area (TPSA) is 86.9 Å². The van der Waals surface area contributed by atoms with Crippen LogP contribution in [0.15, 0.2) is 12.7 Å². The molecule has 1 rings (SSSR count). The second kappa shape index (κ2) is 18.5. The fraction of sp³-hybridized carbons (Fsp3) is 0.789. The number of rotatable bonds is 11. The molecule has 2 atom stereocenters. The molecule has 6 nitrogen and oxygen atoms in total. The molecular weight excluding hydrogens is 389 g/mol. The van der Waals surface area contributed by atoms with Gasteiger partial charge in [0, 0.05) is 26.6 Å². The van der Waals surface area contributed by atoms with Crippen LogP contribution in [0.3, 0.4) is 0 Å². The fourth-order valence-corrected chi connectivity index (χ4v) is 2.98. The molecule has 1 saturated heterocycles. The maximum atomic E-state index is 11.4. The molecule has 27 heavy (non-hydrogen) atoms. The van der Waals surface area contributed by atoms with Crippen LogP contribution in [-0.2, 0) is 9.59 Å². The number of amides is 1. The van der Waals surface area contributed by atoms with Gasteiger partial charge in [-0.15, -0.1) is 31.4 Å². The molecule has 1 heterocycles. The van der Waals surface area contributed by atoms with E-state index < -0.39 is 5.97 Å². The van der Waals surface area contributed by atoms with E-state index in [0.717, 1.165) is 32.7 Å². The lowest BCUT2D eigenvalue weighted by Gasteiger charge is -2.27. The van der Waals surface area contributed by atoms with Gasteiger partial charge < -0.3 is 15.7 Å². The molecule has 0 aromatic carbocycles. The smallest absolute Gasteiger partial charge is 0.320 e. The van der Waals surface area contributed by atoms with Crippen LogP contribution < -0.4 is 5.73 Å². The fourth-order valence-electron chi connectivity index (χ4n) is 2.98. The minimum absolute atomic E-state index is 0. The Morgan fingerprint density at radius 2 is 1.67 bits per heavy atom. The minimum atomic E-state index is -0.687. The number of nitrogens with two attached hydrogens (primary N) is 1. The summed E-state index contributed by atoms with van der Waals surface area (Å²) in [6.45, 7) is 14.5. The maximum absolute atomic E-state index is 11.4. The number of halogens is 2. The summed E-state index contributed by atoms with van der Waals surface area (Å²) in [5, 5.41) is 9.36. The highest BCUT2D eigenvalue weighted by Gasteiger charge is 2.35. The van der Waals surface area contributed by atoms with Gasteiger partial charge in [-0.2, -0.15) is 0 Å². The number of carboxylic acid groups (broad SMARTS) is 1. The van der Waals surface area contributed by atoms with E-state index in [1.165, 1.54) is 32.6 Å². The molecular formula is C19H39Cl2N3O3. The Labute approximate surface area is 177 Å². The number of nitrogens with zero attached hydrogens (tertiary/aromatic N) is 2. The molecule has 0 spiro atoms. The van der Waals surface area contributed by atoms with Gasteiger partial charge >= 0.3 is 5.97 Å². The number of hydrogen-bond acceptors (Lipinski definition) is 4.